The van der Waals surface area contributed by atoms with Crippen LogP contribution in [-0.4, -0.2) is 38.3 Å². The number of nitrogens with one attached hydrogen (secondary N) is 1. The zero-order valence-corrected chi connectivity index (χ0v) is 13.9. The molecule has 0 aliphatic heterocycles. The summed E-state index contributed by atoms with van der Waals surface area (Å²) < 4.78 is 5.13. The Balaban J connectivity index is 2.25. The Morgan fingerprint density at radius 2 is 2.25 bits per heavy atom. The molecular formula is C13H23N3O2S2. The highest BCUT2D eigenvalue weighted by Crippen LogP contribution is 2.22. The molecule has 1 aromatic rings. The van der Waals surface area contributed by atoms with Gasteiger partial charge in [0, 0.05) is 5.75 Å². The van der Waals surface area contributed by atoms with Gasteiger partial charge in [-0.15, -0.1) is 0 Å². The molecule has 1 rings (SSSR count). The van der Waals surface area contributed by atoms with Crippen LogP contribution in [0, 0.1) is 6.92 Å². The Morgan fingerprint density at radius 1 is 1.50 bits per heavy atom. The van der Waals surface area contributed by atoms with E-state index in [0.29, 0.717) is 6.42 Å². The topological polar surface area (TPSA) is 75.1 Å². The van der Waals surface area contributed by atoms with Crippen LogP contribution in [0.2, 0.25) is 0 Å². The van der Waals surface area contributed by atoms with Crippen molar-refractivity contribution in [1.82, 2.24) is 14.7 Å². The van der Waals surface area contributed by atoms with Gasteiger partial charge in [-0.1, -0.05) is 25.1 Å². The fourth-order valence-electron chi connectivity index (χ4n) is 1.75. The number of carbonyl (C=O) groups is 1. The molecule has 5 nitrogen and oxygen atoms in total. The number of hydrogen-bond acceptors (Lipinski definition) is 6. The fourth-order valence-corrected chi connectivity index (χ4v) is 3.46. The van der Waals surface area contributed by atoms with E-state index in [-0.39, 0.29) is 0 Å². The summed E-state index contributed by atoms with van der Waals surface area (Å²) in [6.45, 7) is 6.43. The Bertz CT molecular complexity index is 426. The van der Waals surface area contributed by atoms with Crippen molar-refractivity contribution in [1.29, 1.82) is 0 Å². The molecule has 0 spiro atoms. The average Bonchev–Trinajstić information content (AvgIpc) is 2.81. The minimum absolute atomic E-state index is 0.651. The molecule has 2 N–H and O–H groups in total. The lowest BCUT2D eigenvalue weighted by atomic mass is 9.95. The summed E-state index contributed by atoms with van der Waals surface area (Å²) in [6.07, 6.45) is 3.47. The Labute approximate surface area is 128 Å². The van der Waals surface area contributed by atoms with Crippen molar-refractivity contribution >= 4 is 29.3 Å². The molecule has 1 heterocycles. The number of nitrogens with zero attached hydrogens (tertiary/aromatic N) is 2. The lowest BCUT2D eigenvalue weighted by molar-refractivity contribution is -0.144. The van der Waals surface area contributed by atoms with Crippen LogP contribution in [0.1, 0.15) is 45.4 Å². The molecule has 0 saturated heterocycles. The summed E-state index contributed by atoms with van der Waals surface area (Å²) in [6, 6.07) is 0. The molecule has 20 heavy (non-hydrogen) atoms. The highest BCUT2D eigenvalue weighted by Gasteiger charge is 2.31. The minimum atomic E-state index is -0.806. The van der Waals surface area contributed by atoms with E-state index in [0.717, 1.165) is 41.7 Å². The number of hydrogen-bond donors (Lipinski definition) is 2. The highest BCUT2D eigenvalue weighted by atomic mass is 32.2. The quantitative estimate of drug-likeness (QED) is 0.510. The van der Waals surface area contributed by atoms with Crippen LogP contribution in [0.3, 0.4) is 0 Å². The molecule has 0 saturated carbocycles. The van der Waals surface area contributed by atoms with Crippen LogP contribution in [0.15, 0.2) is 4.34 Å². The van der Waals surface area contributed by atoms with Crippen molar-refractivity contribution in [2.75, 3.05) is 12.3 Å². The van der Waals surface area contributed by atoms with Crippen LogP contribution in [0.5, 0.6) is 0 Å². The van der Waals surface area contributed by atoms with Gasteiger partial charge in [0.1, 0.15) is 11.4 Å². The summed E-state index contributed by atoms with van der Waals surface area (Å²) in [5.74, 6) is 1.01. The molecule has 0 aliphatic carbocycles. The lowest BCUT2D eigenvalue weighted by Crippen LogP contribution is -2.49. The number of aryl methyl sites for hydroxylation is 1. The van der Waals surface area contributed by atoms with Crippen molar-refractivity contribution < 1.29 is 9.90 Å². The van der Waals surface area contributed by atoms with Crippen LogP contribution in [0.25, 0.3) is 0 Å². The smallest absolute Gasteiger partial charge is 0.323 e. The fraction of sp³-hybridized carbons (Fsp3) is 0.769. The lowest BCUT2D eigenvalue weighted by Gasteiger charge is -2.26. The van der Waals surface area contributed by atoms with Crippen LogP contribution in [0.4, 0.5) is 0 Å². The molecular weight excluding hydrogens is 294 g/mol. The zero-order valence-electron chi connectivity index (χ0n) is 12.3. The first-order valence-corrected chi connectivity index (χ1v) is 8.65. The van der Waals surface area contributed by atoms with Gasteiger partial charge in [0.15, 0.2) is 4.34 Å². The van der Waals surface area contributed by atoms with Gasteiger partial charge in [-0.25, -0.2) is 4.98 Å². The molecule has 0 bridgehead atoms. The number of aromatic nitrogens is 2. The number of aliphatic carboxylic acids is 1. The molecule has 0 fully saturated rings. The third kappa shape index (κ3) is 5.76. The first-order valence-electron chi connectivity index (χ1n) is 6.89. The monoisotopic (exact) mass is 317 g/mol. The number of carboxylic acid groups (broad SMARTS) is 1. The van der Waals surface area contributed by atoms with Gasteiger partial charge in [0.2, 0.25) is 0 Å². The van der Waals surface area contributed by atoms with Gasteiger partial charge >= 0.3 is 5.97 Å². The molecule has 1 aromatic heterocycles. The first-order chi connectivity index (χ1) is 9.48. The van der Waals surface area contributed by atoms with Gasteiger partial charge in [-0.3, -0.25) is 4.79 Å². The van der Waals surface area contributed by atoms with Gasteiger partial charge in [0.05, 0.1) is 0 Å². The van der Waals surface area contributed by atoms with E-state index in [1.807, 2.05) is 13.8 Å². The Kier molecular flexibility index (Phi) is 7.47. The van der Waals surface area contributed by atoms with E-state index in [1.165, 1.54) is 11.5 Å². The number of rotatable bonds is 10. The third-order valence-electron chi connectivity index (χ3n) is 3.04. The maximum Gasteiger partial charge on any atom is 0.323 e. The largest absolute Gasteiger partial charge is 0.480 e. The van der Waals surface area contributed by atoms with E-state index >= 15 is 0 Å². The second kappa shape index (κ2) is 8.59. The van der Waals surface area contributed by atoms with Crippen LogP contribution < -0.4 is 5.32 Å². The van der Waals surface area contributed by atoms with Crippen molar-refractivity contribution in [3.05, 3.63) is 5.82 Å². The predicted octanol–water partition coefficient (Wildman–Crippen LogP) is 2.95. The summed E-state index contributed by atoms with van der Waals surface area (Å²) in [7, 11) is 0. The Hall–Kier alpha value is -0.660. The second-order valence-corrected chi connectivity index (χ2v) is 7.07. The molecule has 0 radical (unpaired) electrons. The van der Waals surface area contributed by atoms with Crippen molar-refractivity contribution in [2.24, 2.45) is 0 Å². The predicted molar refractivity (Wildman–Crippen MR) is 83.6 cm³/mol. The summed E-state index contributed by atoms with van der Waals surface area (Å²) in [5.41, 5.74) is -0.806. The molecule has 1 unspecified atom stereocenters. The first kappa shape index (κ1) is 17.4. The van der Waals surface area contributed by atoms with E-state index in [2.05, 4.69) is 14.7 Å². The molecule has 0 amide bonds. The van der Waals surface area contributed by atoms with Crippen molar-refractivity contribution in [3.63, 3.8) is 0 Å². The van der Waals surface area contributed by atoms with Gasteiger partial charge < -0.3 is 10.4 Å². The third-order valence-corrected chi connectivity index (χ3v) is 5.05. The normalized spacial score (nSPS) is 14.2. The number of thioether (sulfide) groups is 1. The number of carboxylic acids is 1. The zero-order chi connectivity index (χ0) is 15.0. The summed E-state index contributed by atoms with van der Waals surface area (Å²) in [5, 5.41) is 12.4. The maximum absolute atomic E-state index is 11.3. The molecule has 0 aromatic carbocycles. The molecule has 1 atom stereocenters. The van der Waals surface area contributed by atoms with Crippen molar-refractivity contribution in [2.45, 2.75) is 56.3 Å². The van der Waals surface area contributed by atoms with Gasteiger partial charge in [-0.05, 0) is 51.2 Å². The highest BCUT2D eigenvalue weighted by molar-refractivity contribution is 8.00. The SMILES string of the molecule is CCCNC(C)(CCCCSc1nc(C)ns1)C(=O)O. The van der Waals surface area contributed by atoms with E-state index < -0.39 is 11.5 Å². The maximum atomic E-state index is 11.3. The van der Waals surface area contributed by atoms with Gasteiger partial charge in [0.25, 0.3) is 0 Å². The van der Waals surface area contributed by atoms with E-state index in [4.69, 9.17) is 0 Å². The summed E-state index contributed by atoms with van der Waals surface area (Å²) in [4.78, 5) is 15.6. The number of unbranched alkanes of at least 4 members (excludes halogenated alkanes) is 1. The minimum Gasteiger partial charge on any atom is -0.480 e. The van der Waals surface area contributed by atoms with Crippen molar-refractivity contribution in [3.8, 4) is 0 Å². The van der Waals surface area contributed by atoms with E-state index in [1.54, 1.807) is 18.7 Å². The molecule has 114 valence electrons. The van der Waals surface area contributed by atoms with E-state index in [9.17, 15) is 9.90 Å². The summed E-state index contributed by atoms with van der Waals surface area (Å²) >= 11 is 3.12. The standard InChI is InChI=1S/C13H23N3O2S2/c1-4-8-14-13(3,11(17)18)7-5-6-9-19-12-15-10(2)16-20-12/h14H,4-9H2,1-3H3,(H,17,18). The average molecular weight is 317 g/mol. The second-order valence-electron chi connectivity index (χ2n) is 4.98. The Morgan fingerprint density at radius 3 is 2.80 bits per heavy atom. The van der Waals surface area contributed by atoms with Crippen LogP contribution in [-0.2, 0) is 4.79 Å². The van der Waals surface area contributed by atoms with Crippen LogP contribution >= 0.6 is 23.3 Å². The van der Waals surface area contributed by atoms with Gasteiger partial charge in [-0.2, -0.15) is 4.37 Å². The molecule has 7 heteroatoms. The molecule has 0 aliphatic rings.